The van der Waals surface area contributed by atoms with Crippen molar-refractivity contribution in [3.8, 4) is 17.6 Å². The van der Waals surface area contributed by atoms with Gasteiger partial charge in [0.1, 0.15) is 37.7 Å². The molecule has 2 N–H and O–H groups in total. The first-order valence-electron chi connectivity index (χ1n) is 22.4. The van der Waals surface area contributed by atoms with Crippen LogP contribution in [0.3, 0.4) is 0 Å². The van der Waals surface area contributed by atoms with Gasteiger partial charge in [-0.05, 0) is 86.7 Å². The number of imidazole rings is 1. The summed E-state index contributed by atoms with van der Waals surface area (Å²) in [6.07, 6.45) is -0.847. The number of benzene rings is 4. The van der Waals surface area contributed by atoms with Gasteiger partial charge in [0.2, 0.25) is 5.95 Å². The molecule has 3 heterocycles. The van der Waals surface area contributed by atoms with Crippen molar-refractivity contribution >= 4 is 37.0 Å². The molecule has 0 spiro atoms. The number of aromatic amines is 1. The molecule has 4 atom stereocenters. The number of anilines is 1. The third kappa shape index (κ3) is 10.8. The van der Waals surface area contributed by atoms with Crippen LogP contribution in [-0.4, -0.2) is 82.0 Å². The quantitative estimate of drug-likeness (QED) is 0.0400. The van der Waals surface area contributed by atoms with Gasteiger partial charge in [-0.15, -0.1) is 10.2 Å². The largest absolute Gasteiger partial charge is 0.497 e. The van der Waals surface area contributed by atoms with Gasteiger partial charge < -0.3 is 28.8 Å². The zero-order valence-corrected chi connectivity index (χ0v) is 39.8. The average molecular weight is 914 g/mol. The van der Waals surface area contributed by atoms with E-state index in [2.05, 4.69) is 84.9 Å². The maximum absolute atomic E-state index is 13.8. The number of rotatable bonds is 21. The number of methoxy groups -OCH3 is 2. The number of nitrogens with zero attached hydrogens (tertiary/aromatic N) is 7. The summed E-state index contributed by atoms with van der Waals surface area (Å²) in [6, 6.07) is 37.8. The molecule has 0 aliphatic carbocycles. The Kier molecular flexibility index (Phi) is 16.0. The van der Waals surface area contributed by atoms with Crippen molar-refractivity contribution in [1.82, 2.24) is 24.2 Å². The van der Waals surface area contributed by atoms with Crippen LogP contribution in [0, 0.1) is 17.2 Å². The summed E-state index contributed by atoms with van der Waals surface area (Å²) in [7, 11) is 1.98. The van der Waals surface area contributed by atoms with E-state index in [1.165, 1.54) is 0 Å². The average Bonchev–Trinajstić information content (AvgIpc) is 3.90. The summed E-state index contributed by atoms with van der Waals surface area (Å²) in [6.45, 7) is 13.4. The van der Waals surface area contributed by atoms with Gasteiger partial charge in [-0.1, -0.05) is 86.6 Å². The summed E-state index contributed by atoms with van der Waals surface area (Å²) < 4.78 is 37.2. The minimum atomic E-state index is -1.31. The molecule has 1 fully saturated rings. The topological polar surface area (TPSA) is 173 Å². The zero-order chi connectivity index (χ0) is 46.8. The fraction of sp³-hybridized carbons (Fsp3) is 0.400. The summed E-state index contributed by atoms with van der Waals surface area (Å²) in [5.74, 6) is 2.15. The predicted molar refractivity (Wildman–Crippen MR) is 258 cm³/mol. The minimum Gasteiger partial charge on any atom is -0.497 e. The number of nitriles is 1. The lowest BCUT2D eigenvalue weighted by molar-refractivity contribution is -0.0897. The standard InChI is InChI=1S/C50H60N9O6P/c1-33(2)31-52-48-54-46-45(47(60)55-48)53-49(57-56-39-18-13-10-14-19-39)58(46)44-30-42(65-66(29-15-28-51)59(34(3)4)35(5)6)43(64-44)32-63-50(36-16-11-9-12-17-36,37-20-24-40(61-7)25-21-37)38-22-26-41(62-8)27-23-38/h9-14,16-27,33-35,42-44H,15,29-32H2,1-8H3,(H2,52,54,55,60)/t42?,43-,44-,66?/m1/s1. The summed E-state index contributed by atoms with van der Waals surface area (Å²) >= 11 is 0. The Morgan fingerprint density at radius 3 is 2.02 bits per heavy atom. The highest BCUT2D eigenvalue weighted by Crippen LogP contribution is 2.51. The molecule has 1 aliphatic heterocycles. The molecule has 0 radical (unpaired) electrons. The Bertz CT molecular complexity index is 2560. The Morgan fingerprint density at radius 1 is 0.864 bits per heavy atom. The monoisotopic (exact) mass is 913 g/mol. The molecule has 0 bridgehead atoms. The Balaban J connectivity index is 1.37. The van der Waals surface area contributed by atoms with Crippen molar-refractivity contribution in [1.29, 1.82) is 5.26 Å². The summed E-state index contributed by atoms with van der Waals surface area (Å²) in [5, 5.41) is 22.2. The van der Waals surface area contributed by atoms with Gasteiger partial charge in [0, 0.05) is 37.6 Å². The molecule has 2 unspecified atom stereocenters. The molecular formula is C50H60N9O6P. The van der Waals surface area contributed by atoms with Crippen LogP contribution in [0.15, 0.2) is 124 Å². The lowest BCUT2D eigenvalue weighted by atomic mass is 9.80. The number of aromatic nitrogens is 4. The van der Waals surface area contributed by atoms with Crippen LogP contribution in [0.4, 0.5) is 17.6 Å². The van der Waals surface area contributed by atoms with E-state index in [4.69, 9.17) is 33.4 Å². The fourth-order valence-corrected chi connectivity index (χ4v) is 10.6. The summed E-state index contributed by atoms with van der Waals surface area (Å²) in [5.41, 5.74) is 2.03. The molecule has 4 aromatic carbocycles. The van der Waals surface area contributed by atoms with Gasteiger partial charge in [-0.3, -0.25) is 19.0 Å². The van der Waals surface area contributed by atoms with Crippen molar-refractivity contribution < 1.29 is 23.5 Å². The van der Waals surface area contributed by atoms with Gasteiger partial charge in [-0.25, -0.2) is 4.98 Å². The highest BCUT2D eigenvalue weighted by molar-refractivity contribution is 7.50. The van der Waals surface area contributed by atoms with Crippen LogP contribution in [0.5, 0.6) is 11.5 Å². The van der Waals surface area contributed by atoms with Crippen molar-refractivity contribution in [3.63, 3.8) is 0 Å². The first kappa shape index (κ1) is 47.9. The molecule has 1 saturated heterocycles. The normalized spacial score (nSPS) is 17.0. The lowest BCUT2D eigenvalue weighted by Gasteiger charge is -2.40. The van der Waals surface area contributed by atoms with Crippen LogP contribution in [-0.2, 0) is 19.6 Å². The second kappa shape index (κ2) is 22.0. The van der Waals surface area contributed by atoms with Crippen molar-refractivity contribution in [2.75, 3.05) is 38.8 Å². The smallest absolute Gasteiger partial charge is 0.280 e. The number of ether oxygens (including phenoxy) is 4. The Labute approximate surface area is 388 Å². The van der Waals surface area contributed by atoms with E-state index in [1.807, 2.05) is 97.1 Å². The number of nitrogens with one attached hydrogen (secondary N) is 2. The molecule has 0 saturated carbocycles. The molecule has 7 rings (SSSR count). The third-order valence-electron chi connectivity index (χ3n) is 11.3. The van der Waals surface area contributed by atoms with Crippen molar-refractivity contribution in [2.24, 2.45) is 16.1 Å². The molecule has 66 heavy (non-hydrogen) atoms. The maximum Gasteiger partial charge on any atom is 0.280 e. The van der Waals surface area contributed by atoms with Crippen LogP contribution in [0.1, 0.15) is 77.3 Å². The number of H-pyrrole nitrogens is 1. The van der Waals surface area contributed by atoms with E-state index in [0.717, 1.165) is 16.7 Å². The number of azo groups is 1. The molecule has 1 aliphatic rings. The Hall–Kier alpha value is -6.01. The molecular weight excluding hydrogens is 854 g/mol. The maximum atomic E-state index is 13.8. The van der Waals surface area contributed by atoms with Crippen LogP contribution >= 0.6 is 8.30 Å². The van der Waals surface area contributed by atoms with Crippen LogP contribution in [0.25, 0.3) is 11.2 Å². The van der Waals surface area contributed by atoms with Gasteiger partial charge >= 0.3 is 0 Å². The van der Waals surface area contributed by atoms with Gasteiger partial charge in [-0.2, -0.15) is 10.2 Å². The second-order valence-electron chi connectivity index (χ2n) is 17.1. The third-order valence-corrected chi connectivity index (χ3v) is 13.9. The minimum absolute atomic E-state index is 0.0571. The van der Waals surface area contributed by atoms with E-state index < -0.39 is 37.9 Å². The second-order valence-corrected chi connectivity index (χ2v) is 18.9. The zero-order valence-electron chi connectivity index (χ0n) is 38.9. The van der Waals surface area contributed by atoms with E-state index in [0.29, 0.717) is 48.7 Å². The first-order valence-corrected chi connectivity index (χ1v) is 23.8. The fourth-order valence-electron chi connectivity index (χ4n) is 8.33. The molecule has 2 aromatic heterocycles. The lowest BCUT2D eigenvalue weighted by Crippen LogP contribution is -2.39. The number of hydrogen-bond acceptors (Lipinski definition) is 13. The molecule has 346 valence electrons. The van der Waals surface area contributed by atoms with E-state index in [-0.39, 0.29) is 41.7 Å². The highest BCUT2D eigenvalue weighted by Gasteiger charge is 2.45. The predicted octanol–water partition coefficient (Wildman–Crippen LogP) is 10.6. The first-order chi connectivity index (χ1) is 31.9. The van der Waals surface area contributed by atoms with Crippen LogP contribution in [0.2, 0.25) is 0 Å². The SMILES string of the molecule is COc1ccc(C(OC[C@H]2O[C@@H](n3c(N=Nc4ccccc4)nc4c(=O)[nH]c(NCC(C)C)nc43)CC2OP(CCC#N)N(C(C)C)C(C)C)(c2ccccc2)c2ccc(OC)cc2)cc1. The number of fused-ring (bicyclic) bond motifs is 1. The van der Waals surface area contributed by atoms with Gasteiger partial charge in [0.15, 0.2) is 11.2 Å². The molecule has 16 heteroatoms. The van der Waals surface area contributed by atoms with Crippen molar-refractivity contribution in [2.45, 2.75) is 90.5 Å². The molecule has 15 nitrogen and oxygen atoms in total. The van der Waals surface area contributed by atoms with E-state index in [1.54, 1.807) is 18.8 Å². The summed E-state index contributed by atoms with van der Waals surface area (Å²) in [4.78, 5) is 26.2. The van der Waals surface area contributed by atoms with E-state index >= 15 is 0 Å². The molecule has 0 amide bonds. The van der Waals surface area contributed by atoms with E-state index in [9.17, 15) is 10.1 Å². The Morgan fingerprint density at radius 2 is 1.45 bits per heavy atom. The van der Waals surface area contributed by atoms with Gasteiger partial charge in [0.25, 0.3) is 11.5 Å². The van der Waals surface area contributed by atoms with Crippen molar-refractivity contribution in [3.05, 3.63) is 136 Å². The molecule has 6 aromatic rings. The van der Waals surface area contributed by atoms with Crippen LogP contribution < -0.4 is 20.3 Å². The highest BCUT2D eigenvalue weighted by atomic mass is 31.2. The van der Waals surface area contributed by atoms with Gasteiger partial charge in [0.05, 0.1) is 38.7 Å². The number of hydrogen-bond donors (Lipinski definition) is 2.